The number of rotatable bonds is 5. The second-order valence-corrected chi connectivity index (χ2v) is 9.03. The molecule has 8 heteroatoms. The van der Waals surface area contributed by atoms with Gasteiger partial charge in [0.2, 0.25) is 5.91 Å². The van der Waals surface area contributed by atoms with Crippen LogP contribution in [-0.4, -0.2) is 52.8 Å². The third-order valence-electron chi connectivity index (χ3n) is 5.35. The van der Waals surface area contributed by atoms with E-state index in [4.69, 9.17) is 0 Å². The Balaban J connectivity index is 1.39. The number of nitrogens with zero attached hydrogens (tertiary/aromatic N) is 3. The number of carbonyl (C=O) groups excluding carboxylic acids is 2. The molecule has 1 N–H and O–H groups in total. The van der Waals surface area contributed by atoms with Gasteiger partial charge in [0.15, 0.2) is 5.13 Å². The van der Waals surface area contributed by atoms with Crippen molar-refractivity contribution in [3.05, 3.63) is 45.4 Å². The number of amides is 2. The second-order valence-electron chi connectivity index (χ2n) is 7.25. The first-order valence-electron chi connectivity index (χ1n) is 9.64. The van der Waals surface area contributed by atoms with Gasteiger partial charge in [-0.15, -0.1) is 11.3 Å². The van der Waals surface area contributed by atoms with Crippen molar-refractivity contribution in [2.24, 2.45) is 0 Å². The quantitative estimate of drug-likeness (QED) is 0.730. The van der Waals surface area contributed by atoms with Crippen molar-refractivity contribution in [3.8, 4) is 0 Å². The van der Waals surface area contributed by atoms with Crippen molar-refractivity contribution in [2.75, 3.05) is 31.5 Å². The Labute approximate surface area is 177 Å². The summed E-state index contributed by atoms with van der Waals surface area (Å²) in [6, 6.07) is 7.39. The minimum Gasteiger partial charge on any atom is -0.342 e. The van der Waals surface area contributed by atoms with Crippen LogP contribution in [-0.2, 0) is 4.79 Å². The first-order chi connectivity index (χ1) is 13.6. The molecule has 148 valence electrons. The summed E-state index contributed by atoms with van der Waals surface area (Å²) in [5, 5.41) is 5.48. The molecule has 0 spiro atoms. The molecule has 2 amide bonds. The molecule has 0 radical (unpaired) electrons. The van der Waals surface area contributed by atoms with E-state index < -0.39 is 0 Å². The molecule has 0 unspecified atom stereocenters. The fourth-order valence-electron chi connectivity index (χ4n) is 3.86. The maximum atomic E-state index is 12.5. The molecule has 2 fully saturated rings. The summed E-state index contributed by atoms with van der Waals surface area (Å²) in [5.41, 5.74) is 1.54. The number of halogens is 1. The van der Waals surface area contributed by atoms with E-state index in [1.54, 1.807) is 12.1 Å². The Morgan fingerprint density at radius 1 is 1.14 bits per heavy atom. The third-order valence-corrected chi connectivity index (χ3v) is 6.66. The van der Waals surface area contributed by atoms with Crippen molar-refractivity contribution in [1.29, 1.82) is 0 Å². The van der Waals surface area contributed by atoms with E-state index in [-0.39, 0.29) is 17.9 Å². The van der Waals surface area contributed by atoms with Crippen molar-refractivity contribution in [2.45, 2.75) is 31.7 Å². The zero-order valence-corrected chi connectivity index (χ0v) is 18.0. The van der Waals surface area contributed by atoms with Crippen LogP contribution >= 0.6 is 27.3 Å². The maximum absolute atomic E-state index is 12.5. The molecule has 1 aromatic heterocycles. The Kier molecular flexibility index (Phi) is 6.08. The van der Waals surface area contributed by atoms with Crippen LogP contribution in [0.15, 0.2) is 34.1 Å². The molecule has 3 heterocycles. The lowest BCUT2D eigenvalue weighted by Crippen LogP contribution is -2.38. The number of anilines is 1. The average Bonchev–Trinajstić information content (AvgIpc) is 3.44. The van der Waals surface area contributed by atoms with Crippen molar-refractivity contribution in [1.82, 2.24) is 14.8 Å². The Morgan fingerprint density at radius 2 is 1.89 bits per heavy atom. The van der Waals surface area contributed by atoms with Gasteiger partial charge in [-0.1, -0.05) is 15.9 Å². The lowest BCUT2D eigenvalue weighted by molar-refractivity contribution is -0.131. The average molecular weight is 463 g/mol. The highest BCUT2D eigenvalue weighted by Gasteiger charge is 2.31. The summed E-state index contributed by atoms with van der Waals surface area (Å²) < 4.78 is 0.936. The van der Waals surface area contributed by atoms with Crippen LogP contribution in [0.2, 0.25) is 0 Å². The van der Waals surface area contributed by atoms with Crippen molar-refractivity contribution >= 4 is 44.2 Å². The van der Waals surface area contributed by atoms with E-state index in [0.29, 0.717) is 17.2 Å². The zero-order chi connectivity index (χ0) is 19.5. The smallest absolute Gasteiger partial charge is 0.257 e. The molecule has 28 heavy (non-hydrogen) atoms. The van der Waals surface area contributed by atoms with Gasteiger partial charge in [-0.25, -0.2) is 4.98 Å². The first kappa shape index (κ1) is 19.5. The number of nitrogens with one attached hydrogen (secondary N) is 1. The molecule has 4 rings (SSSR count). The summed E-state index contributed by atoms with van der Waals surface area (Å²) in [5.74, 6) is 0.0595. The predicted molar refractivity (Wildman–Crippen MR) is 114 cm³/mol. The molecular weight excluding hydrogens is 440 g/mol. The van der Waals surface area contributed by atoms with E-state index in [0.717, 1.165) is 55.5 Å². The molecule has 2 saturated heterocycles. The van der Waals surface area contributed by atoms with Crippen LogP contribution in [0.25, 0.3) is 0 Å². The zero-order valence-electron chi connectivity index (χ0n) is 15.6. The van der Waals surface area contributed by atoms with E-state index in [1.807, 2.05) is 22.4 Å². The summed E-state index contributed by atoms with van der Waals surface area (Å²) in [4.78, 5) is 33.8. The molecule has 1 atom stereocenters. The lowest BCUT2D eigenvalue weighted by atomic mass is 10.1. The highest BCUT2D eigenvalue weighted by Crippen LogP contribution is 2.33. The Hall–Kier alpha value is -1.77. The SMILES string of the molecule is O=C(Nc1nc([C@@H]2CCCN2CC(=O)N2CCCC2)cs1)c1ccc(Br)cc1. The van der Waals surface area contributed by atoms with Gasteiger partial charge in [0.1, 0.15) is 0 Å². The van der Waals surface area contributed by atoms with Crippen molar-refractivity contribution < 1.29 is 9.59 Å². The largest absolute Gasteiger partial charge is 0.342 e. The fraction of sp³-hybridized carbons (Fsp3) is 0.450. The molecule has 2 aliphatic rings. The van der Waals surface area contributed by atoms with E-state index in [2.05, 4.69) is 31.1 Å². The molecule has 0 aliphatic carbocycles. The lowest BCUT2D eigenvalue weighted by Gasteiger charge is -2.25. The van der Waals surface area contributed by atoms with Gasteiger partial charge >= 0.3 is 0 Å². The number of likely N-dealkylation sites (tertiary alicyclic amines) is 2. The van der Waals surface area contributed by atoms with Crippen LogP contribution in [0.4, 0.5) is 5.13 Å². The van der Waals surface area contributed by atoms with Gasteiger partial charge in [0.05, 0.1) is 18.3 Å². The third kappa shape index (κ3) is 4.45. The minimum absolute atomic E-state index is 0.154. The molecule has 2 aliphatic heterocycles. The second kappa shape index (κ2) is 8.71. The van der Waals surface area contributed by atoms with E-state index in [9.17, 15) is 9.59 Å². The minimum atomic E-state index is -0.166. The summed E-state index contributed by atoms with van der Waals surface area (Å²) in [7, 11) is 0. The summed E-state index contributed by atoms with van der Waals surface area (Å²) in [6.07, 6.45) is 4.29. The predicted octanol–water partition coefficient (Wildman–Crippen LogP) is 3.92. The number of aromatic nitrogens is 1. The number of hydrogen-bond donors (Lipinski definition) is 1. The Bertz CT molecular complexity index is 848. The van der Waals surface area contributed by atoms with Crippen LogP contribution in [0.1, 0.15) is 47.8 Å². The normalized spacial score (nSPS) is 19.9. The topological polar surface area (TPSA) is 65.5 Å². The van der Waals surface area contributed by atoms with Crippen LogP contribution in [0, 0.1) is 0 Å². The maximum Gasteiger partial charge on any atom is 0.257 e. The highest BCUT2D eigenvalue weighted by atomic mass is 79.9. The van der Waals surface area contributed by atoms with Crippen molar-refractivity contribution in [3.63, 3.8) is 0 Å². The standard InChI is InChI=1S/C20H23BrN4O2S/c21-15-7-5-14(6-8-15)19(27)23-20-22-16(13-28-20)17-4-3-11-25(17)12-18(26)24-9-1-2-10-24/h5-8,13,17H,1-4,9-12H2,(H,22,23,27)/t17-/m0/s1. The van der Waals surface area contributed by atoms with Gasteiger partial charge in [-0.3, -0.25) is 19.8 Å². The molecule has 1 aromatic carbocycles. The van der Waals surface area contributed by atoms with Gasteiger partial charge in [-0.05, 0) is 56.5 Å². The van der Waals surface area contributed by atoms with Crippen LogP contribution < -0.4 is 5.32 Å². The van der Waals surface area contributed by atoms with Gasteiger partial charge in [0, 0.05) is 28.5 Å². The summed E-state index contributed by atoms with van der Waals surface area (Å²) >= 11 is 4.81. The van der Waals surface area contributed by atoms with E-state index in [1.165, 1.54) is 11.3 Å². The number of hydrogen-bond acceptors (Lipinski definition) is 5. The molecular formula is C20H23BrN4O2S. The van der Waals surface area contributed by atoms with Crippen LogP contribution in [0.3, 0.4) is 0 Å². The Morgan fingerprint density at radius 3 is 2.64 bits per heavy atom. The first-order valence-corrected chi connectivity index (χ1v) is 11.3. The van der Waals surface area contributed by atoms with Gasteiger partial charge < -0.3 is 4.90 Å². The van der Waals surface area contributed by atoms with E-state index >= 15 is 0 Å². The summed E-state index contributed by atoms with van der Waals surface area (Å²) in [6.45, 7) is 3.16. The monoisotopic (exact) mass is 462 g/mol. The number of carbonyl (C=O) groups is 2. The molecule has 6 nitrogen and oxygen atoms in total. The van der Waals surface area contributed by atoms with Gasteiger partial charge in [-0.2, -0.15) is 0 Å². The van der Waals surface area contributed by atoms with Gasteiger partial charge in [0.25, 0.3) is 5.91 Å². The molecule has 2 aromatic rings. The fourth-order valence-corrected chi connectivity index (χ4v) is 4.87. The number of benzene rings is 1. The van der Waals surface area contributed by atoms with Crippen LogP contribution in [0.5, 0.6) is 0 Å². The molecule has 0 bridgehead atoms. The number of thiazole rings is 1. The molecule has 0 saturated carbocycles. The highest BCUT2D eigenvalue weighted by molar-refractivity contribution is 9.10.